The number of ether oxygens (including phenoxy) is 2. The van der Waals surface area contributed by atoms with Crippen LogP contribution in [0.15, 0.2) is 108 Å². The van der Waals surface area contributed by atoms with Crippen LogP contribution in [0.5, 0.6) is 0 Å². The zero-order valence-electron chi connectivity index (χ0n) is 32.7. The Hall–Kier alpha value is -8.92. The fourth-order valence-electron chi connectivity index (χ4n) is 7.60. The van der Waals surface area contributed by atoms with E-state index in [-0.39, 0.29) is 100 Å². The zero-order valence-corrected chi connectivity index (χ0v) is 34.3. The lowest BCUT2D eigenvalue weighted by Crippen LogP contribution is -2.10. The molecule has 0 aliphatic heterocycles. The predicted molar refractivity (Wildman–Crippen MR) is 233 cm³/mol. The molecule has 2 aromatic heterocycles. The van der Waals surface area contributed by atoms with Crippen LogP contribution in [0.25, 0.3) is 32.3 Å². The number of benzene rings is 5. The van der Waals surface area contributed by atoms with Gasteiger partial charge in [-0.15, -0.1) is 22.7 Å². The molecule has 0 unspecified atom stereocenters. The number of allylic oxidation sites excluding steroid dienone is 2. The zero-order chi connectivity index (χ0) is 44.8. The molecule has 0 amide bonds. The number of Topliss-reactive ketones (excluding diaryl/α,β-unsaturated/α-hetero) is 4. The van der Waals surface area contributed by atoms with Crippen molar-refractivity contribution in [1.29, 1.82) is 21.0 Å². The Morgan fingerprint density at radius 1 is 0.484 bits per heavy atom. The second-order valence-electron chi connectivity index (χ2n) is 14.4. The van der Waals surface area contributed by atoms with Crippen molar-refractivity contribution in [2.75, 3.05) is 0 Å². The van der Waals surface area contributed by atoms with Gasteiger partial charge in [-0.2, -0.15) is 21.0 Å². The number of carbonyl (C=O) groups excluding carboxylic acids is 6. The maximum absolute atomic E-state index is 14.4. The van der Waals surface area contributed by atoms with Gasteiger partial charge in [0.25, 0.3) is 0 Å². The first-order valence-electron chi connectivity index (χ1n) is 19.1. The van der Waals surface area contributed by atoms with Gasteiger partial charge in [0.2, 0.25) is 0 Å². The van der Waals surface area contributed by atoms with E-state index < -0.39 is 35.1 Å². The summed E-state index contributed by atoms with van der Waals surface area (Å²) in [7, 11) is 0. The quantitative estimate of drug-likeness (QED) is 0.0793. The van der Waals surface area contributed by atoms with Crippen molar-refractivity contribution in [3.8, 4) is 24.3 Å². The fourth-order valence-corrected chi connectivity index (χ4v) is 9.91. The van der Waals surface area contributed by atoms with Crippen LogP contribution in [0.2, 0.25) is 0 Å². The summed E-state index contributed by atoms with van der Waals surface area (Å²) in [6.07, 6.45) is 2.67. The topological polar surface area (TPSA) is 216 Å². The average Bonchev–Trinajstić information content (AvgIpc) is 4.05. The van der Waals surface area contributed by atoms with Crippen LogP contribution in [0.4, 0.5) is 0 Å². The smallest absolute Gasteiger partial charge is 0.340 e. The number of ketones is 4. The van der Waals surface area contributed by atoms with Crippen molar-refractivity contribution >= 4 is 90.1 Å². The Morgan fingerprint density at radius 3 is 1.09 bits per heavy atom. The van der Waals surface area contributed by atoms with Crippen LogP contribution in [-0.2, 0) is 22.7 Å². The lowest BCUT2D eigenvalue weighted by atomic mass is 10.0. The first-order chi connectivity index (χ1) is 31.0. The lowest BCUT2D eigenvalue weighted by molar-refractivity contribution is 0.0465. The minimum absolute atomic E-state index is 0.0189. The molecule has 2 aliphatic carbocycles. The molecule has 0 bridgehead atoms. The highest BCUT2D eigenvalue weighted by Gasteiger charge is 2.37. The summed E-state index contributed by atoms with van der Waals surface area (Å²) in [5.74, 6) is -4.27. The lowest BCUT2D eigenvalue weighted by Gasteiger charge is -2.11. The summed E-state index contributed by atoms with van der Waals surface area (Å²) in [5, 5.41) is 38.7. The second-order valence-corrected chi connectivity index (χ2v) is 16.6. The highest BCUT2D eigenvalue weighted by Crippen LogP contribution is 2.45. The van der Waals surface area contributed by atoms with E-state index in [2.05, 4.69) is 0 Å². The Kier molecular flexibility index (Phi) is 10.2. The number of fused-ring (bicyclic) bond motifs is 4. The predicted octanol–water partition coefficient (Wildman–Crippen LogP) is 9.24. The molecule has 5 aromatic carbocycles. The monoisotopic (exact) mass is 870 g/mol. The third-order valence-corrected chi connectivity index (χ3v) is 12.9. The minimum atomic E-state index is -0.789. The molecule has 9 rings (SSSR count). The van der Waals surface area contributed by atoms with Gasteiger partial charge in [0.05, 0.1) is 53.9 Å². The van der Waals surface area contributed by atoms with E-state index in [1.807, 2.05) is 36.4 Å². The van der Waals surface area contributed by atoms with Crippen molar-refractivity contribution in [2.45, 2.75) is 13.2 Å². The summed E-state index contributed by atoms with van der Waals surface area (Å²) in [6.45, 7) is -0.250. The summed E-state index contributed by atoms with van der Waals surface area (Å²) >= 11 is 1.99. The van der Waals surface area contributed by atoms with E-state index in [0.29, 0.717) is 20.9 Å². The van der Waals surface area contributed by atoms with E-state index in [1.165, 1.54) is 36.4 Å². The van der Waals surface area contributed by atoms with Gasteiger partial charge in [-0.1, -0.05) is 60.7 Å². The van der Waals surface area contributed by atoms with Crippen molar-refractivity contribution in [3.05, 3.63) is 185 Å². The molecule has 0 saturated carbocycles. The Morgan fingerprint density at radius 2 is 0.797 bits per heavy atom. The number of nitrogens with zero attached hydrogens (tertiary/aromatic N) is 4. The SMILES string of the molecule is N#Cc1cc2c(cc1C#N)C(=O)C(=Cc1cc3c(C(=O)OCc4ccccc4)c4sc(C=C5C(=O)c6cc(C#N)c(C#N)cc6C5=O)cc4c(C(=O)OCc4ccccc4)c3s1)C2=O. The number of carbonyl (C=O) groups is 6. The van der Waals surface area contributed by atoms with Gasteiger partial charge in [0.1, 0.15) is 37.5 Å². The molecular formula is C50H22N4O8S2. The Balaban J connectivity index is 1.23. The van der Waals surface area contributed by atoms with Crippen LogP contribution in [0.3, 0.4) is 0 Å². The summed E-state index contributed by atoms with van der Waals surface area (Å²) in [4.78, 5) is 84.2. The number of esters is 2. The van der Waals surface area contributed by atoms with E-state index in [0.717, 1.165) is 22.7 Å². The van der Waals surface area contributed by atoms with Gasteiger partial charge in [-0.05, 0) is 59.7 Å². The molecule has 0 N–H and O–H groups in total. The summed E-state index contributed by atoms with van der Waals surface area (Å²) in [6, 6.07) is 33.3. The molecule has 0 atom stereocenters. The normalized spacial score (nSPS) is 12.6. The third-order valence-electron chi connectivity index (χ3n) is 10.7. The van der Waals surface area contributed by atoms with Gasteiger partial charge in [-0.3, -0.25) is 19.2 Å². The molecule has 2 heterocycles. The minimum Gasteiger partial charge on any atom is -0.457 e. The summed E-state index contributed by atoms with van der Waals surface area (Å²) in [5.41, 5.74) is 0.487. The first-order valence-corrected chi connectivity index (χ1v) is 20.7. The second kappa shape index (κ2) is 16.2. The van der Waals surface area contributed by atoms with E-state index in [1.54, 1.807) is 60.7 Å². The van der Waals surface area contributed by atoms with Gasteiger partial charge in [0.15, 0.2) is 23.1 Å². The Bertz CT molecular complexity index is 3150. The molecular weight excluding hydrogens is 849 g/mol. The molecule has 0 saturated heterocycles. The van der Waals surface area contributed by atoms with Gasteiger partial charge in [0, 0.05) is 42.8 Å². The molecule has 0 radical (unpaired) electrons. The highest BCUT2D eigenvalue weighted by atomic mass is 32.1. The molecule has 0 spiro atoms. The number of nitriles is 4. The van der Waals surface area contributed by atoms with Crippen LogP contribution in [0, 0.1) is 45.3 Å². The van der Waals surface area contributed by atoms with Crippen molar-refractivity contribution in [1.82, 2.24) is 0 Å². The standard InChI is InChI=1S/C50H22N4O8S2/c51-19-27-11-33-34(12-28(27)20-52)44(56)39(43(33)55)17-31-15-37-41(49(59)61-23-25-7-3-1-4-8-25)47-38(42(48(37)64-31)50(60)62-24-26-9-5-2-6-10-26)16-32(63-47)18-40-45(57)35-13-29(21-53)30(22-54)14-36(35)46(40)58/h1-18H,23-24H2. The first kappa shape index (κ1) is 40.5. The average molecular weight is 871 g/mol. The molecule has 64 heavy (non-hydrogen) atoms. The number of rotatable bonds is 8. The molecule has 7 aromatic rings. The molecule has 0 fully saturated rings. The van der Waals surface area contributed by atoms with Gasteiger partial charge in [-0.25, -0.2) is 9.59 Å². The largest absolute Gasteiger partial charge is 0.457 e. The van der Waals surface area contributed by atoms with Gasteiger partial charge >= 0.3 is 11.9 Å². The van der Waals surface area contributed by atoms with Crippen molar-refractivity contribution in [3.63, 3.8) is 0 Å². The fraction of sp³-hybridized carbons (Fsp3) is 0.0400. The van der Waals surface area contributed by atoms with E-state index in [4.69, 9.17) is 9.47 Å². The van der Waals surface area contributed by atoms with E-state index >= 15 is 0 Å². The number of hydrogen-bond donors (Lipinski definition) is 0. The molecule has 12 nitrogen and oxygen atoms in total. The van der Waals surface area contributed by atoms with Crippen molar-refractivity contribution < 1.29 is 38.2 Å². The number of thiophene rings is 2. The highest BCUT2D eigenvalue weighted by molar-refractivity contribution is 7.22. The van der Waals surface area contributed by atoms with Crippen LogP contribution in [0.1, 0.15) is 105 Å². The summed E-state index contributed by atoms with van der Waals surface area (Å²) < 4.78 is 12.2. The van der Waals surface area contributed by atoms with Crippen LogP contribution in [-0.4, -0.2) is 35.1 Å². The molecule has 302 valence electrons. The van der Waals surface area contributed by atoms with Crippen LogP contribution < -0.4 is 0 Å². The maximum Gasteiger partial charge on any atom is 0.340 e. The van der Waals surface area contributed by atoms with E-state index in [9.17, 15) is 49.8 Å². The molecule has 2 aliphatic rings. The number of hydrogen-bond acceptors (Lipinski definition) is 14. The van der Waals surface area contributed by atoms with Crippen LogP contribution >= 0.6 is 22.7 Å². The third kappa shape index (κ3) is 6.84. The van der Waals surface area contributed by atoms with Crippen molar-refractivity contribution in [2.24, 2.45) is 0 Å². The maximum atomic E-state index is 14.4. The molecule has 14 heteroatoms. The van der Waals surface area contributed by atoms with Gasteiger partial charge < -0.3 is 9.47 Å². The Labute approximate surface area is 370 Å².